The number of carbonyl (C=O) groups excluding carboxylic acids is 1. The first-order chi connectivity index (χ1) is 11.4. The molecule has 0 aliphatic carbocycles. The summed E-state index contributed by atoms with van der Waals surface area (Å²) in [4.78, 5) is 14.0. The number of aryl methyl sites for hydroxylation is 2. The second-order valence-corrected chi connectivity index (χ2v) is 5.89. The van der Waals surface area contributed by atoms with Crippen LogP contribution in [-0.4, -0.2) is 36.8 Å². The fraction of sp³-hybridized carbons (Fsp3) is 0.316. The predicted molar refractivity (Wildman–Crippen MR) is 95.5 cm³/mol. The van der Waals surface area contributed by atoms with Gasteiger partial charge in [-0.2, -0.15) is 0 Å². The molecule has 1 unspecified atom stereocenters. The lowest BCUT2D eigenvalue weighted by Gasteiger charge is -2.27. The lowest BCUT2D eigenvalue weighted by Crippen LogP contribution is -2.36. The Morgan fingerprint density at radius 2 is 1.75 bits per heavy atom. The molecule has 128 valence electrons. The summed E-state index contributed by atoms with van der Waals surface area (Å²) in [5.74, 6) is 0.734. The number of amides is 2. The number of rotatable bonds is 5. The minimum absolute atomic E-state index is 0.164. The highest BCUT2D eigenvalue weighted by Crippen LogP contribution is 2.23. The van der Waals surface area contributed by atoms with E-state index in [1.807, 2.05) is 56.3 Å². The van der Waals surface area contributed by atoms with Crippen molar-refractivity contribution in [2.75, 3.05) is 26.1 Å². The number of ether oxygens (including phenoxy) is 1. The highest BCUT2D eigenvalue weighted by atomic mass is 16.5. The third-order valence-corrected chi connectivity index (χ3v) is 3.93. The summed E-state index contributed by atoms with van der Waals surface area (Å²) >= 11 is 0. The summed E-state index contributed by atoms with van der Waals surface area (Å²) in [6.07, 6.45) is 0. The first-order valence-electron chi connectivity index (χ1n) is 7.81. The Kier molecular flexibility index (Phi) is 5.82. The summed E-state index contributed by atoms with van der Waals surface area (Å²) in [7, 11) is 3.27. The van der Waals surface area contributed by atoms with Crippen molar-refractivity contribution in [3.63, 3.8) is 0 Å². The molecule has 0 spiro atoms. The molecule has 0 aliphatic rings. The van der Waals surface area contributed by atoms with Gasteiger partial charge in [0.25, 0.3) is 0 Å². The van der Waals surface area contributed by atoms with Gasteiger partial charge < -0.3 is 20.1 Å². The molecule has 5 heteroatoms. The van der Waals surface area contributed by atoms with Crippen molar-refractivity contribution in [2.24, 2.45) is 0 Å². The molecule has 0 fully saturated rings. The number of nitrogens with one attached hydrogen (secondary N) is 1. The van der Waals surface area contributed by atoms with Crippen LogP contribution >= 0.6 is 0 Å². The van der Waals surface area contributed by atoms with Crippen LogP contribution in [0.5, 0.6) is 5.75 Å². The van der Waals surface area contributed by atoms with Gasteiger partial charge in [0.15, 0.2) is 0 Å². The van der Waals surface area contributed by atoms with Gasteiger partial charge in [0, 0.05) is 12.7 Å². The van der Waals surface area contributed by atoms with Crippen molar-refractivity contribution in [1.29, 1.82) is 0 Å². The fourth-order valence-electron chi connectivity index (χ4n) is 2.68. The zero-order chi connectivity index (χ0) is 17.7. The van der Waals surface area contributed by atoms with Crippen LogP contribution in [0, 0.1) is 13.8 Å². The molecular weight excluding hydrogens is 304 g/mol. The van der Waals surface area contributed by atoms with E-state index in [9.17, 15) is 9.90 Å². The van der Waals surface area contributed by atoms with Gasteiger partial charge in [-0.3, -0.25) is 0 Å². The molecule has 2 aromatic rings. The second kappa shape index (κ2) is 7.84. The first-order valence-corrected chi connectivity index (χ1v) is 7.81. The Morgan fingerprint density at radius 1 is 1.17 bits per heavy atom. The van der Waals surface area contributed by atoms with Gasteiger partial charge in [-0.1, -0.05) is 18.2 Å². The van der Waals surface area contributed by atoms with Gasteiger partial charge in [-0.25, -0.2) is 4.79 Å². The number of aliphatic hydroxyl groups excluding tert-OH is 1. The number of methoxy groups -OCH3 is 1. The molecule has 2 N–H and O–H groups in total. The average molecular weight is 328 g/mol. The molecular formula is C19H24N2O3. The topological polar surface area (TPSA) is 61.8 Å². The molecule has 2 amide bonds. The number of carbonyl (C=O) groups is 1. The molecule has 0 aliphatic heterocycles. The molecule has 2 rings (SSSR count). The van der Waals surface area contributed by atoms with Crippen LogP contribution in [-0.2, 0) is 0 Å². The highest BCUT2D eigenvalue weighted by Gasteiger charge is 2.21. The number of hydrogen-bond acceptors (Lipinski definition) is 3. The van der Waals surface area contributed by atoms with Gasteiger partial charge in [-0.15, -0.1) is 0 Å². The van der Waals surface area contributed by atoms with Crippen LogP contribution in [0.4, 0.5) is 10.5 Å². The van der Waals surface area contributed by atoms with Crippen molar-refractivity contribution in [3.8, 4) is 5.75 Å². The zero-order valence-corrected chi connectivity index (χ0v) is 14.5. The molecule has 0 saturated carbocycles. The smallest absolute Gasteiger partial charge is 0.322 e. The maximum absolute atomic E-state index is 12.5. The van der Waals surface area contributed by atoms with E-state index in [-0.39, 0.29) is 12.6 Å². The van der Waals surface area contributed by atoms with Crippen molar-refractivity contribution in [1.82, 2.24) is 4.90 Å². The standard InChI is InChI=1S/C19H24N2O3/c1-13-9-14(2)11-16(10-13)20-19(23)21(3)18(12-22)15-5-7-17(24-4)8-6-15/h5-11,18,22H,12H2,1-4H3,(H,20,23). The van der Waals surface area contributed by atoms with E-state index in [2.05, 4.69) is 5.32 Å². The number of urea groups is 1. The highest BCUT2D eigenvalue weighted by molar-refractivity contribution is 5.89. The Hall–Kier alpha value is -2.53. The molecule has 0 saturated heterocycles. The van der Waals surface area contributed by atoms with Crippen LogP contribution in [0.1, 0.15) is 22.7 Å². The number of likely N-dealkylation sites (N-methyl/N-ethyl adjacent to an activating group) is 1. The molecule has 1 atom stereocenters. The monoisotopic (exact) mass is 328 g/mol. The van der Waals surface area contributed by atoms with E-state index in [1.54, 1.807) is 14.2 Å². The lowest BCUT2D eigenvalue weighted by molar-refractivity contribution is 0.159. The minimum atomic E-state index is -0.429. The van der Waals surface area contributed by atoms with Crippen LogP contribution < -0.4 is 10.1 Å². The Labute approximate surface area is 142 Å². The Morgan fingerprint density at radius 3 is 2.25 bits per heavy atom. The first kappa shape index (κ1) is 17.8. The SMILES string of the molecule is COc1ccc(C(CO)N(C)C(=O)Nc2cc(C)cc(C)c2)cc1. The van der Waals surface area contributed by atoms with E-state index >= 15 is 0 Å². The number of hydrogen-bond donors (Lipinski definition) is 2. The molecule has 0 aromatic heterocycles. The lowest BCUT2D eigenvalue weighted by atomic mass is 10.1. The number of anilines is 1. The zero-order valence-electron chi connectivity index (χ0n) is 14.5. The Balaban J connectivity index is 2.14. The second-order valence-electron chi connectivity index (χ2n) is 5.89. The van der Waals surface area contributed by atoms with Gasteiger partial charge in [0.1, 0.15) is 5.75 Å². The van der Waals surface area contributed by atoms with Crippen molar-refractivity contribution < 1.29 is 14.6 Å². The average Bonchev–Trinajstić information content (AvgIpc) is 2.55. The van der Waals surface area contributed by atoms with Crippen LogP contribution in [0.3, 0.4) is 0 Å². The predicted octanol–water partition coefficient (Wildman–Crippen LogP) is 3.51. The maximum atomic E-state index is 12.5. The normalized spacial score (nSPS) is 11.7. The minimum Gasteiger partial charge on any atom is -0.497 e. The summed E-state index contributed by atoms with van der Waals surface area (Å²) in [5, 5.41) is 12.6. The summed E-state index contributed by atoms with van der Waals surface area (Å²) < 4.78 is 5.14. The molecule has 0 radical (unpaired) electrons. The van der Waals surface area contributed by atoms with Crippen molar-refractivity contribution in [3.05, 3.63) is 59.2 Å². The summed E-state index contributed by atoms with van der Waals surface area (Å²) in [5.41, 5.74) is 3.76. The van der Waals surface area contributed by atoms with Crippen LogP contribution in [0.2, 0.25) is 0 Å². The van der Waals surface area contributed by atoms with Gasteiger partial charge in [0.2, 0.25) is 0 Å². The largest absolute Gasteiger partial charge is 0.497 e. The quantitative estimate of drug-likeness (QED) is 0.883. The number of aliphatic hydroxyl groups is 1. The van der Waals surface area contributed by atoms with Gasteiger partial charge in [0.05, 0.1) is 19.8 Å². The molecule has 0 heterocycles. The van der Waals surface area contributed by atoms with Crippen LogP contribution in [0.25, 0.3) is 0 Å². The van der Waals surface area contributed by atoms with E-state index in [4.69, 9.17) is 4.74 Å². The Bertz CT molecular complexity index is 678. The number of nitrogens with zero attached hydrogens (tertiary/aromatic N) is 1. The van der Waals surface area contributed by atoms with E-state index in [0.717, 1.165) is 28.1 Å². The van der Waals surface area contributed by atoms with E-state index in [0.29, 0.717) is 0 Å². The third-order valence-electron chi connectivity index (χ3n) is 3.93. The van der Waals surface area contributed by atoms with E-state index in [1.165, 1.54) is 4.90 Å². The third kappa shape index (κ3) is 4.26. The van der Waals surface area contributed by atoms with Gasteiger partial charge in [-0.05, 0) is 54.8 Å². The molecule has 24 heavy (non-hydrogen) atoms. The summed E-state index contributed by atoms with van der Waals surface area (Å²) in [6, 6.07) is 12.5. The van der Waals surface area contributed by atoms with Crippen molar-refractivity contribution in [2.45, 2.75) is 19.9 Å². The maximum Gasteiger partial charge on any atom is 0.322 e. The fourth-order valence-corrected chi connectivity index (χ4v) is 2.68. The van der Waals surface area contributed by atoms with E-state index < -0.39 is 6.04 Å². The molecule has 0 bridgehead atoms. The number of benzene rings is 2. The van der Waals surface area contributed by atoms with Crippen LogP contribution in [0.15, 0.2) is 42.5 Å². The summed E-state index contributed by atoms with van der Waals surface area (Å²) in [6.45, 7) is 3.81. The molecule has 5 nitrogen and oxygen atoms in total. The molecule has 2 aromatic carbocycles. The van der Waals surface area contributed by atoms with Gasteiger partial charge >= 0.3 is 6.03 Å². The van der Waals surface area contributed by atoms with Crippen molar-refractivity contribution >= 4 is 11.7 Å².